The van der Waals surface area contributed by atoms with Crippen LogP contribution in [0.1, 0.15) is 26.2 Å². The van der Waals surface area contributed by atoms with Gasteiger partial charge in [-0.1, -0.05) is 29.6 Å². The van der Waals surface area contributed by atoms with Gasteiger partial charge in [0.1, 0.15) is 16.4 Å². The number of rotatable bonds is 7. The molecule has 1 amide bonds. The number of ether oxygens (including phenoxy) is 2. The van der Waals surface area contributed by atoms with E-state index in [2.05, 4.69) is 5.32 Å². The summed E-state index contributed by atoms with van der Waals surface area (Å²) in [5.41, 5.74) is 0.319. The fraction of sp³-hybridized carbons (Fsp3) is 0.381. The van der Waals surface area contributed by atoms with E-state index in [4.69, 9.17) is 32.7 Å². The van der Waals surface area contributed by atoms with Crippen molar-refractivity contribution in [1.29, 1.82) is 0 Å². The zero-order valence-electron chi connectivity index (χ0n) is 17.2. The van der Waals surface area contributed by atoms with Gasteiger partial charge in [-0.25, -0.2) is 8.42 Å². The number of methoxy groups -OCH3 is 1. The molecule has 1 aliphatic heterocycles. The van der Waals surface area contributed by atoms with Gasteiger partial charge >= 0.3 is 0 Å². The van der Waals surface area contributed by atoms with Crippen LogP contribution in [0.4, 0.5) is 5.69 Å². The highest BCUT2D eigenvalue weighted by Gasteiger charge is 2.29. The second kappa shape index (κ2) is 10.1. The summed E-state index contributed by atoms with van der Waals surface area (Å²) in [4.78, 5) is 12.6. The summed E-state index contributed by atoms with van der Waals surface area (Å²) in [5.74, 6) is 0.0788. The molecule has 0 aromatic heterocycles. The number of nitrogens with one attached hydrogen (secondary N) is 1. The monoisotopic (exact) mass is 486 g/mol. The summed E-state index contributed by atoms with van der Waals surface area (Å²) < 4.78 is 38.6. The molecular weight excluding hydrogens is 463 g/mol. The van der Waals surface area contributed by atoms with E-state index in [1.807, 2.05) is 0 Å². The summed E-state index contributed by atoms with van der Waals surface area (Å²) in [6, 6.07) is 9.20. The Bertz CT molecular complexity index is 1060. The Morgan fingerprint density at radius 2 is 1.74 bits per heavy atom. The predicted molar refractivity (Wildman–Crippen MR) is 121 cm³/mol. The van der Waals surface area contributed by atoms with Gasteiger partial charge < -0.3 is 14.8 Å². The minimum atomic E-state index is -3.75. The van der Waals surface area contributed by atoms with E-state index >= 15 is 0 Å². The normalized spacial score (nSPS) is 15.9. The molecule has 0 radical (unpaired) electrons. The zero-order chi connectivity index (χ0) is 22.6. The Balaban J connectivity index is 1.78. The smallest absolute Gasteiger partial charge is 0.265 e. The lowest BCUT2D eigenvalue weighted by Gasteiger charge is -2.26. The Morgan fingerprint density at radius 3 is 2.39 bits per heavy atom. The Labute approximate surface area is 192 Å². The van der Waals surface area contributed by atoms with Gasteiger partial charge in [0.15, 0.2) is 6.10 Å². The second-order valence-corrected chi connectivity index (χ2v) is 9.90. The fourth-order valence-corrected chi connectivity index (χ4v) is 5.41. The van der Waals surface area contributed by atoms with Gasteiger partial charge in [-0.15, -0.1) is 0 Å². The number of sulfonamides is 1. The highest BCUT2D eigenvalue weighted by Crippen LogP contribution is 2.32. The number of hydrogen-bond acceptors (Lipinski definition) is 5. The standard InChI is InChI=1S/C21H24Cl2N2O5S/c1-14(30-18-8-6-15(22)12-17(18)23)21(26)24-16-7-9-19(29-2)20(13-16)31(27,28)25-10-4-3-5-11-25/h6-9,12-14H,3-5,10-11H2,1-2H3,(H,24,26). The SMILES string of the molecule is COc1ccc(NC(=O)C(C)Oc2ccc(Cl)cc2Cl)cc1S(=O)(=O)N1CCCCC1. The summed E-state index contributed by atoms with van der Waals surface area (Å²) in [6.07, 6.45) is 1.76. The Morgan fingerprint density at radius 1 is 1.06 bits per heavy atom. The number of carbonyl (C=O) groups is 1. The second-order valence-electron chi connectivity index (χ2n) is 7.15. The van der Waals surface area contributed by atoms with Crippen molar-refractivity contribution >= 4 is 44.8 Å². The van der Waals surface area contributed by atoms with Gasteiger partial charge in [-0.2, -0.15) is 4.31 Å². The van der Waals surface area contributed by atoms with E-state index < -0.39 is 22.0 Å². The van der Waals surface area contributed by atoms with Crippen LogP contribution in [0.2, 0.25) is 10.0 Å². The predicted octanol–water partition coefficient (Wildman–Crippen LogP) is 4.58. The first-order valence-electron chi connectivity index (χ1n) is 9.83. The molecule has 0 spiro atoms. The van der Waals surface area contributed by atoms with Gasteiger partial charge in [0.2, 0.25) is 10.0 Å². The fourth-order valence-electron chi connectivity index (χ4n) is 3.26. The first-order valence-corrected chi connectivity index (χ1v) is 12.0. The molecule has 1 atom stereocenters. The van der Waals surface area contributed by atoms with E-state index in [0.29, 0.717) is 29.5 Å². The molecule has 1 fully saturated rings. The average Bonchev–Trinajstić information content (AvgIpc) is 2.76. The Kier molecular flexibility index (Phi) is 7.69. The molecule has 10 heteroatoms. The molecule has 2 aromatic rings. The third-order valence-corrected chi connectivity index (χ3v) is 7.38. The number of halogens is 2. The molecule has 1 heterocycles. The van der Waals surface area contributed by atoms with E-state index in [1.165, 1.54) is 29.6 Å². The average molecular weight is 487 g/mol. The van der Waals surface area contributed by atoms with Crippen molar-refractivity contribution in [2.24, 2.45) is 0 Å². The largest absolute Gasteiger partial charge is 0.495 e. The minimum absolute atomic E-state index is 0.0176. The molecule has 0 aliphatic carbocycles. The molecule has 0 bridgehead atoms. The summed E-state index contributed by atoms with van der Waals surface area (Å²) in [7, 11) is -2.33. The van der Waals surface area contributed by atoms with Crippen molar-refractivity contribution in [3.63, 3.8) is 0 Å². The van der Waals surface area contributed by atoms with Crippen LogP contribution in [0.25, 0.3) is 0 Å². The van der Waals surface area contributed by atoms with Crippen LogP contribution in [0, 0.1) is 0 Å². The van der Waals surface area contributed by atoms with E-state index in [0.717, 1.165) is 19.3 Å². The lowest BCUT2D eigenvalue weighted by molar-refractivity contribution is -0.122. The van der Waals surface area contributed by atoms with Gasteiger partial charge in [-0.3, -0.25) is 4.79 Å². The number of piperidine rings is 1. The summed E-state index contributed by atoms with van der Waals surface area (Å²) in [5, 5.41) is 3.43. The zero-order valence-corrected chi connectivity index (χ0v) is 19.6. The van der Waals surface area contributed by atoms with Crippen LogP contribution < -0.4 is 14.8 Å². The first kappa shape index (κ1) is 23.7. The topological polar surface area (TPSA) is 84.9 Å². The van der Waals surface area contributed by atoms with Gasteiger partial charge in [0, 0.05) is 23.8 Å². The van der Waals surface area contributed by atoms with Gasteiger partial charge in [-0.05, 0) is 56.2 Å². The quantitative estimate of drug-likeness (QED) is 0.618. The van der Waals surface area contributed by atoms with Gasteiger partial charge in [0.05, 0.1) is 12.1 Å². The van der Waals surface area contributed by atoms with Crippen molar-refractivity contribution in [3.8, 4) is 11.5 Å². The van der Waals surface area contributed by atoms with Crippen molar-refractivity contribution < 1.29 is 22.7 Å². The molecule has 1 unspecified atom stereocenters. The number of hydrogen-bond donors (Lipinski definition) is 1. The molecule has 3 rings (SSSR count). The molecule has 168 valence electrons. The van der Waals surface area contributed by atoms with E-state index in [1.54, 1.807) is 25.1 Å². The molecule has 1 N–H and O–H groups in total. The van der Waals surface area contributed by atoms with E-state index in [-0.39, 0.29) is 15.7 Å². The highest BCUT2D eigenvalue weighted by atomic mass is 35.5. The number of amides is 1. The lowest BCUT2D eigenvalue weighted by Crippen LogP contribution is -2.36. The van der Waals surface area contributed by atoms with Crippen molar-refractivity contribution in [3.05, 3.63) is 46.4 Å². The minimum Gasteiger partial charge on any atom is -0.495 e. The highest BCUT2D eigenvalue weighted by molar-refractivity contribution is 7.89. The van der Waals surface area contributed by atoms with Crippen molar-refractivity contribution in [2.45, 2.75) is 37.2 Å². The number of carbonyl (C=O) groups excluding carboxylic acids is 1. The maximum absolute atomic E-state index is 13.1. The molecular formula is C21H24Cl2N2O5S. The summed E-state index contributed by atoms with van der Waals surface area (Å²) in [6.45, 7) is 2.50. The number of nitrogens with zero attached hydrogens (tertiary/aromatic N) is 1. The maximum Gasteiger partial charge on any atom is 0.265 e. The molecule has 1 aliphatic rings. The van der Waals surface area contributed by atoms with Crippen LogP contribution in [0.3, 0.4) is 0 Å². The summed E-state index contributed by atoms with van der Waals surface area (Å²) >= 11 is 12.0. The van der Waals surface area contributed by atoms with Crippen molar-refractivity contribution in [1.82, 2.24) is 4.31 Å². The molecule has 1 saturated heterocycles. The van der Waals surface area contributed by atoms with Crippen LogP contribution >= 0.6 is 23.2 Å². The van der Waals surface area contributed by atoms with Gasteiger partial charge in [0.25, 0.3) is 5.91 Å². The third kappa shape index (κ3) is 5.63. The first-order chi connectivity index (χ1) is 14.7. The van der Waals surface area contributed by atoms with E-state index in [9.17, 15) is 13.2 Å². The maximum atomic E-state index is 13.1. The van der Waals surface area contributed by atoms with Crippen molar-refractivity contribution in [2.75, 3.05) is 25.5 Å². The molecule has 31 heavy (non-hydrogen) atoms. The Hall–Kier alpha value is -2.00. The molecule has 7 nitrogen and oxygen atoms in total. The third-order valence-electron chi connectivity index (χ3n) is 4.93. The molecule has 2 aromatic carbocycles. The lowest BCUT2D eigenvalue weighted by atomic mass is 10.2. The van der Waals surface area contributed by atoms with Crippen LogP contribution in [0.5, 0.6) is 11.5 Å². The molecule has 0 saturated carbocycles. The van der Waals surface area contributed by atoms with Crippen LogP contribution in [-0.4, -0.2) is 44.9 Å². The number of anilines is 1. The van der Waals surface area contributed by atoms with Crippen LogP contribution in [-0.2, 0) is 14.8 Å². The van der Waals surface area contributed by atoms with Crippen LogP contribution in [0.15, 0.2) is 41.3 Å². The number of benzene rings is 2.